The minimum atomic E-state index is -0.261. The number of hydrogen-bond acceptors (Lipinski definition) is 4. The number of carbonyl (C=O) groups excluding carboxylic acids is 1. The SMILES string of the molecule is C=CC(=O)Nc1cc(-c2c(-c3cccc(OCCCN(C)C)c3)[nH]c3nccc(Cl)c23)ccc1C. The molecular weight excluding hydrogens is 460 g/mol. The summed E-state index contributed by atoms with van der Waals surface area (Å²) in [6.45, 7) is 7.10. The van der Waals surface area contributed by atoms with Gasteiger partial charge in [-0.3, -0.25) is 4.79 Å². The van der Waals surface area contributed by atoms with Crippen LogP contribution in [0.3, 0.4) is 0 Å². The number of anilines is 1. The van der Waals surface area contributed by atoms with Crippen LogP contribution in [0.2, 0.25) is 5.02 Å². The number of hydrogen-bond donors (Lipinski definition) is 2. The van der Waals surface area contributed by atoms with E-state index in [1.165, 1.54) is 6.08 Å². The normalized spacial score (nSPS) is 11.1. The number of rotatable bonds is 9. The van der Waals surface area contributed by atoms with E-state index in [-0.39, 0.29) is 5.91 Å². The largest absolute Gasteiger partial charge is 0.494 e. The summed E-state index contributed by atoms with van der Waals surface area (Å²) in [5.41, 5.74) is 6.01. The fourth-order valence-corrected chi connectivity index (χ4v) is 4.23. The van der Waals surface area contributed by atoms with E-state index in [1.54, 1.807) is 12.3 Å². The van der Waals surface area contributed by atoms with Crippen molar-refractivity contribution in [2.24, 2.45) is 0 Å². The van der Waals surface area contributed by atoms with Crippen molar-refractivity contribution in [3.05, 3.63) is 78.0 Å². The molecule has 0 unspecified atom stereocenters. The van der Waals surface area contributed by atoms with E-state index in [0.29, 0.717) is 23.0 Å². The van der Waals surface area contributed by atoms with Crippen molar-refractivity contribution in [2.45, 2.75) is 13.3 Å². The minimum absolute atomic E-state index is 0.261. The van der Waals surface area contributed by atoms with E-state index in [4.69, 9.17) is 16.3 Å². The average Bonchev–Trinajstić information content (AvgIpc) is 3.24. The van der Waals surface area contributed by atoms with Crippen molar-refractivity contribution in [3.63, 3.8) is 0 Å². The van der Waals surface area contributed by atoms with Gasteiger partial charge in [-0.05, 0) is 68.9 Å². The van der Waals surface area contributed by atoms with Crippen molar-refractivity contribution in [3.8, 4) is 28.1 Å². The fraction of sp³-hybridized carbons (Fsp3) is 0.214. The molecular formula is C28H29ClN4O2. The molecule has 2 N–H and O–H groups in total. The van der Waals surface area contributed by atoms with Crippen molar-refractivity contribution in [1.82, 2.24) is 14.9 Å². The van der Waals surface area contributed by atoms with Crippen molar-refractivity contribution >= 4 is 34.2 Å². The van der Waals surface area contributed by atoms with E-state index >= 15 is 0 Å². The Morgan fingerprint density at radius 3 is 2.80 bits per heavy atom. The number of amides is 1. The molecule has 0 saturated carbocycles. The van der Waals surface area contributed by atoms with Gasteiger partial charge in [0.1, 0.15) is 11.4 Å². The quantitative estimate of drug-likeness (QED) is 0.214. The third-order valence-corrected chi connectivity index (χ3v) is 6.07. The zero-order chi connectivity index (χ0) is 24.9. The first kappa shape index (κ1) is 24.5. The smallest absolute Gasteiger partial charge is 0.247 e. The molecule has 0 bridgehead atoms. The van der Waals surface area contributed by atoms with Gasteiger partial charge in [0.05, 0.1) is 17.3 Å². The van der Waals surface area contributed by atoms with Crippen LogP contribution in [-0.2, 0) is 4.79 Å². The molecule has 0 atom stereocenters. The first-order chi connectivity index (χ1) is 16.9. The lowest BCUT2D eigenvalue weighted by Gasteiger charge is -2.13. The Morgan fingerprint density at radius 1 is 1.20 bits per heavy atom. The Morgan fingerprint density at radius 2 is 2.03 bits per heavy atom. The minimum Gasteiger partial charge on any atom is -0.494 e. The van der Waals surface area contributed by atoms with Gasteiger partial charge in [0, 0.05) is 34.9 Å². The van der Waals surface area contributed by atoms with E-state index in [2.05, 4.69) is 40.9 Å². The predicted molar refractivity (Wildman–Crippen MR) is 144 cm³/mol. The number of aryl methyl sites for hydroxylation is 1. The van der Waals surface area contributed by atoms with Crippen LogP contribution < -0.4 is 10.1 Å². The Hall–Kier alpha value is -3.61. The summed E-state index contributed by atoms with van der Waals surface area (Å²) in [6, 6.07) is 15.7. The lowest BCUT2D eigenvalue weighted by Crippen LogP contribution is -2.15. The first-order valence-electron chi connectivity index (χ1n) is 11.5. The van der Waals surface area contributed by atoms with Gasteiger partial charge >= 0.3 is 0 Å². The van der Waals surface area contributed by atoms with Gasteiger partial charge in [-0.1, -0.05) is 42.4 Å². The third-order valence-electron chi connectivity index (χ3n) is 5.75. The van der Waals surface area contributed by atoms with E-state index in [9.17, 15) is 4.79 Å². The summed E-state index contributed by atoms with van der Waals surface area (Å²) in [7, 11) is 4.10. The van der Waals surface area contributed by atoms with Crippen LogP contribution in [0.15, 0.2) is 67.4 Å². The molecule has 0 saturated heterocycles. The molecule has 1 amide bonds. The number of aromatic amines is 1. The lowest BCUT2D eigenvalue weighted by molar-refractivity contribution is -0.111. The molecule has 180 valence electrons. The number of halogens is 1. The Balaban J connectivity index is 1.80. The van der Waals surface area contributed by atoms with E-state index in [1.807, 2.05) is 49.4 Å². The van der Waals surface area contributed by atoms with Gasteiger partial charge in [0.25, 0.3) is 0 Å². The molecule has 0 aliphatic carbocycles. The summed E-state index contributed by atoms with van der Waals surface area (Å²) >= 11 is 6.66. The number of benzene rings is 2. The van der Waals surface area contributed by atoms with Gasteiger partial charge in [0.2, 0.25) is 5.91 Å². The standard InChI is InChI=1S/C28H29ClN4O2/c1-5-24(34)31-23-17-19(11-10-18(23)2)25-26-22(29)12-13-30-28(26)32-27(25)20-8-6-9-21(16-20)35-15-7-14-33(3)4/h5-6,8-13,16-17H,1,7,14-15H2,2-4H3,(H,30,32)(H,31,34). The van der Waals surface area contributed by atoms with E-state index in [0.717, 1.165) is 52.0 Å². The summed E-state index contributed by atoms with van der Waals surface area (Å²) in [5.74, 6) is 0.538. The zero-order valence-electron chi connectivity index (χ0n) is 20.2. The molecule has 0 aliphatic heterocycles. The number of carbonyl (C=O) groups is 1. The maximum Gasteiger partial charge on any atom is 0.247 e. The highest BCUT2D eigenvalue weighted by molar-refractivity contribution is 6.36. The van der Waals surface area contributed by atoms with Gasteiger partial charge in [-0.25, -0.2) is 4.98 Å². The van der Waals surface area contributed by atoms with Gasteiger partial charge < -0.3 is 19.9 Å². The highest BCUT2D eigenvalue weighted by Crippen LogP contribution is 2.42. The monoisotopic (exact) mass is 488 g/mol. The molecule has 35 heavy (non-hydrogen) atoms. The molecule has 7 heteroatoms. The van der Waals surface area contributed by atoms with Crippen LogP contribution in [0.5, 0.6) is 5.75 Å². The van der Waals surface area contributed by atoms with Crippen LogP contribution in [0.4, 0.5) is 5.69 Å². The van der Waals surface area contributed by atoms with Crippen LogP contribution in [0, 0.1) is 6.92 Å². The van der Waals surface area contributed by atoms with Gasteiger partial charge in [-0.15, -0.1) is 0 Å². The highest BCUT2D eigenvalue weighted by Gasteiger charge is 2.19. The van der Waals surface area contributed by atoms with Crippen LogP contribution in [-0.4, -0.2) is 48.0 Å². The second-order valence-electron chi connectivity index (χ2n) is 8.65. The second-order valence-corrected chi connectivity index (χ2v) is 9.05. The average molecular weight is 489 g/mol. The number of ether oxygens (including phenoxy) is 1. The number of aromatic nitrogens is 2. The summed E-state index contributed by atoms with van der Waals surface area (Å²) < 4.78 is 6.01. The lowest BCUT2D eigenvalue weighted by atomic mass is 9.97. The maximum absolute atomic E-state index is 12.0. The number of H-pyrrole nitrogens is 1. The Bertz CT molecular complexity index is 1380. The van der Waals surface area contributed by atoms with Crippen molar-refractivity contribution < 1.29 is 9.53 Å². The maximum atomic E-state index is 12.0. The highest BCUT2D eigenvalue weighted by atomic mass is 35.5. The molecule has 0 fully saturated rings. The number of nitrogens with zero attached hydrogens (tertiary/aromatic N) is 2. The Kier molecular flexibility index (Phi) is 7.54. The summed E-state index contributed by atoms with van der Waals surface area (Å²) in [6.07, 6.45) is 3.88. The molecule has 2 aromatic heterocycles. The molecule has 0 spiro atoms. The summed E-state index contributed by atoms with van der Waals surface area (Å²) in [4.78, 5) is 22.1. The number of fused-ring (bicyclic) bond motifs is 1. The van der Waals surface area contributed by atoms with Gasteiger partial charge in [-0.2, -0.15) is 0 Å². The van der Waals surface area contributed by atoms with Gasteiger partial charge in [0.15, 0.2) is 0 Å². The molecule has 2 aromatic carbocycles. The second kappa shape index (κ2) is 10.8. The molecule has 2 heterocycles. The van der Waals surface area contributed by atoms with Crippen LogP contribution in [0.1, 0.15) is 12.0 Å². The first-order valence-corrected chi connectivity index (χ1v) is 11.8. The van der Waals surface area contributed by atoms with Crippen molar-refractivity contribution in [1.29, 1.82) is 0 Å². The third kappa shape index (κ3) is 5.56. The molecule has 4 rings (SSSR count). The summed E-state index contributed by atoms with van der Waals surface area (Å²) in [5, 5.41) is 4.31. The topological polar surface area (TPSA) is 70.2 Å². The Labute approximate surface area is 210 Å². The van der Waals surface area contributed by atoms with Crippen LogP contribution in [0.25, 0.3) is 33.4 Å². The predicted octanol–water partition coefficient (Wildman–Crippen LogP) is 6.31. The van der Waals surface area contributed by atoms with Crippen molar-refractivity contribution in [2.75, 3.05) is 32.6 Å². The van der Waals surface area contributed by atoms with Crippen LogP contribution >= 0.6 is 11.6 Å². The fourth-order valence-electron chi connectivity index (χ4n) is 3.99. The van der Waals surface area contributed by atoms with E-state index < -0.39 is 0 Å². The molecule has 0 radical (unpaired) electrons. The number of nitrogens with one attached hydrogen (secondary N) is 2. The molecule has 4 aromatic rings. The molecule has 0 aliphatic rings. The zero-order valence-corrected chi connectivity index (χ0v) is 20.9. The molecule has 6 nitrogen and oxygen atoms in total. The number of pyridine rings is 1.